The summed E-state index contributed by atoms with van der Waals surface area (Å²) >= 11 is 30.5. The van der Waals surface area contributed by atoms with Gasteiger partial charge in [-0.25, -0.2) is 19.6 Å². The van der Waals surface area contributed by atoms with Gasteiger partial charge in [0.05, 0.1) is 53.2 Å². The highest BCUT2D eigenvalue weighted by molar-refractivity contribution is 8.05. The average molecular weight is 1300 g/mol. The van der Waals surface area contributed by atoms with Crippen molar-refractivity contribution in [2.24, 2.45) is 23.7 Å². The summed E-state index contributed by atoms with van der Waals surface area (Å²) in [4.78, 5) is 72.6. The number of fused-ring (bicyclic) bond motifs is 2. The van der Waals surface area contributed by atoms with Crippen LogP contribution in [0.15, 0.2) is 76.9 Å². The fraction of sp³-hybridized carbons (Fsp3) is 0.545. The number of amides is 2. The van der Waals surface area contributed by atoms with Crippen molar-refractivity contribution in [3.8, 4) is 0 Å². The van der Waals surface area contributed by atoms with E-state index < -0.39 is 32.3 Å². The molecule has 11 atom stereocenters. The number of carbonyl (C=O) groups excluding carboxylic acids is 3. The number of rotatable bonds is 18. The van der Waals surface area contributed by atoms with Crippen molar-refractivity contribution in [2.75, 3.05) is 58.0 Å². The lowest BCUT2D eigenvalue weighted by Crippen LogP contribution is -2.64. The monoisotopic (exact) mass is 1300 g/mol. The molecule has 3 aromatic heterocycles. The Morgan fingerprint density at radius 1 is 0.827 bits per heavy atom. The van der Waals surface area contributed by atoms with Gasteiger partial charge < -0.3 is 39.5 Å². The normalized spacial score (nSPS) is 27.4. The van der Waals surface area contributed by atoms with Crippen LogP contribution in [0.4, 0.5) is 0 Å². The van der Waals surface area contributed by atoms with E-state index in [0.29, 0.717) is 34.3 Å². The minimum Gasteiger partial charge on any atom is -0.477 e. The van der Waals surface area contributed by atoms with E-state index in [1.54, 1.807) is 34.5 Å². The molecule has 440 valence electrons. The number of nitrogens with zero attached hydrogens (tertiary/aromatic N) is 6. The molecule has 2 fully saturated rings. The quantitative estimate of drug-likeness (QED) is 0.0234. The van der Waals surface area contributed by atoms with E-state index in [2.05, 4.69) is 96.3 Å². The number of carbonyl (C=O) groups is 4. The Morgan fingerprint density at radius 2 is 1.36 bits per heavy atom. The summed E-state index contributed by atoms with van der Waals surface area (Å²) < 4.78 is 14.1. The van der Waals surface area contributed by atoms with Crippen molar-refractivity contribution in [1.29, 1.82) is 0 Å². The third-order valence-electron chi connectivity index (χ3n) is 15.5. The minimum atomic E-state index is -1.84. The van der Waals surface area contributed by atoms with Gasteiger partial charge in [-0.15, -0.1) is 68.8 Å². The number of likely N-dealkylation sites (N-methyl/N-ethyl adjacent to an activating group) is 2. The van der Waals surface area contributed by atoms with Crippen LogP contribution in [0.2, 0.25) is 19.6 Å². The molecule has 81 heavy (non-hydrogen) atoms. The number of β-lactam (4-membered cyclic amide) rings is 2. The van der Waals surface area contributed by atoms with Crippen LogP contribution in [0.25, 0.3) is 16.7 Å². The van der Waals surface area contributed by atoms with E-state index in [4.69, 9.17) is 66.2 Å². The first kappa shape index (κ1) is 64.0. The van der Waals surface area contributed by atoms with Crippen LogP contribution in [0, 0.1) is 27.6 Å². The second-order valence-corrected chi connectivity index (χ2v) is 33.4. The van der Waals surface area contributed by atoms with Gasteiger partial charge in [-0.05, 0) is 95.8 Å². The topological polar surface area (TPSA) is 194 Å². The van der Waals surface area contributed by atoms with Gasteiger partial charge in [0.25, 0.3) is 0 Å². The lowest BCUT2D eigenvalue weighted by Gasteiger charge is -2.48. The number of aliphatic carboxylic acids is 1. The van der Waals surface area contributed by atoms with Crippen molar-refractivity contribution >= 4 is 153 Å². The molecule has 26 heteroatoms. The Morgan fingerprint density at radius 3 is 1.88 bits per heavy atom. The highest BCUT2D eigenvalue weighted by atomic mass is 35.5. The number of halogens is 3. The average Bonchev–Trinajstić information content (AvgIpc) is 2.11. The fourth-order valence-corrected chi connectivity index (χ4v) is 18.6. The third kappa shape index (κ3) is 14.1. The maximum Gasteiger partial charge on any atom is 0.356 e. The smallest absolute Gasteiger partial charge is 0.356 e. The largest absolute Gasteiger partial charge is 0.477 e. The van der Waals surface area contributed by atoms with Gasteiger partial charge in [0.2, 0.25) is 11.8 Å². The molecule has 0 aliphatic carbocycles. The molecule has 0 aromatic carbocycles. The van der Waals surface area contributed by atoms with Crippen LogP contribution in [-0.4, -0.2) is 177 Å². The highest BCUT2D eigenvalue weighted by Crippen LogP contribution is 2.54. The summed E-state index contributed by atoms with van der Waals surface area (Å²) in [6, 6.07) is 0.501. The van der Waals surface area contributed by atoms with E-state index in [0.717, 1.165) is 79.1 Å². The highest BCUT2D eigenvalue weighted by Gasteiger charge is 2.62. The van der Waals surface area contributed by atoms with Crippen molar-refractivity contribution in [3.05, 3.63) is 89.3 Å². The molecule has 0 unspecified atom stereocenters. The number of aromatic nitrogens is 3. The zero-order chi connectivity index (χ0) is 58.8. The van der Waals surface area contributed by atoms with Crippen LogP contribution < -0.4 is 5.32 Å². The van der Waals surface area contributed by atoms with Gasteiger partial charge in [-0.1, -0.05) is 68.3 Å². The molecule has 0 saturated carbocycles. The lowest BCUT2D eigenvalue weighted by molar-refractivity contribution is -0.163. The van der Waals surface area contributed by atoms with Crippen LogP contribution in [0.3, 0.4) is 0 Å². The van der Waals surface area contributed by atoms with Crippen molar-refractivity contribution in [3.63, 3.8) is 0 Å². The summed E-state index contributed by atoms with van der Waals surface area (Å²) in [5, 5.41) is 29.1. The Balaban J connectivity index is 0.000000173. The predicted molar refractivity (Wildman–Crippen MR) is 335 cm³/mol. The van der Waals surface area contributed by atoms with Crippen LogP contribution in [0.1, 0.15) is 64.0 Å². The van der Waals surface area contributed by atoms with E-state index in [9.17, 15) is 29.4 Å². The number of aliphatic hydroxyl groups excluding tert-OH is 1. The van der Waals surface area contributed by atoms with Crippen molar-refractivity contribution in [1.82, 2.24) is 39.9 Å². The maximum absolute atomic E-state index is 13.4. The molecule has 16 nitrogen and oxygen atoms in total. The lowest BCUT2D eigenvalue weighted by atomic mass is 9.79. The zero-order valence-corrected chi connectivity index (χ0v) is 54.9. The molecular weight excluding hydrogens is 1230 g/mol. The Hall–Kier alpha value is -2.98. The number of hydrogen-bond donors (Lipinski definition) is 4. The number of hydrogen-bond acceptors (Lipinski definition) is 18. The van der Waals surface area contributed by atoms with Gasteiger partial charge in [0.15, 0.2) is 21.0 Å². The molecule has 4 N–H and O–H groups in total. The fourth-order valence-electron chi connectivity index (χ4n) is 11.3. The number of H-pyrrole nitrogens is 1. The van der Waals surface area contributed by atoms with Crippen LogP contribution in [0.5, 0.6) is 0 Å². The van der Waals surface area contributed by atoms with Crippen LogP contribution >= 0.6 is 105 Å². The predicted octanol–water partition coefficient (Wildman–Crippen LogP) is 10.7. The van der Waals surface area contributed by atoms with Gasteiger partial charge in [0.1, 0.15) is 18.0 Å². The van der Waals surface area contributed by atoms with Crippen molar-refractivity contribution in [2.45, 2.75) is 118 Å². The summed E-state index contributed by atoms with van der Waals surface area (Å²) in [7, 11) is 2.35. The summed E-state index contributed by atoms with van der Waals surface area (Å²) in [5.74, 6) is -1.29. The second-order valence-electron chi connectivity index (χ2n) is 22.1. The van der Waals surface area contributed by atoms with E-state index in [1.807, 2.05) is 19.2 Å². The summed E-state index contributed by atoms with van der Waals surface area (Å²) in [5.41, 5.74) is 7.03. The summed E-state index contributed by atoms with van der Waals surface area (Å²) in [6.45, 7) is 20.2. The second kappa shape index (κ2) is 27.6. The Labute approximate surface area is 516 Å². The number of carboxylic acid groups (broad SMARTS) is 1. The summed E-state index contributed by atoms with van der Waals surface area (Å²) in [6.07, 6.45) is 9.72. The van der Waals surface area contributed by atoms with E-state index >= 15 is 0 Å². The Kier molecular flexibility index (Phi) is 21.8. The molecule has 0 radical (unpaired) electrons. The molecule has 10 heterocycles. The molecule has 7 aliphatic heterocycles. The molecular formula is C55H71Cl3N8O8S6Si. The molecule has 3 aromatic rings. The number of aromatic amines is 1. The maximum atomic E-state index is 13.4. The molecule has 0 spiro atoms. The number of nitrogens with one attached hydrogen (secondary N) is 2. The molecule has 10 rings (SSSR count). The number of esters is 1. The van der Waals surface area contributed by atoms with Gasteiger partial charge >= 0.3 is 11.9 Å². The number of carboxylic acids is 1. The molecule has 2 saturated heterocycles. The SMILES string of the molecule is C=CCOC(=O)C1=C(Sc2nc(C3=CCN(C)[C@@H](CCl)C3)cs2)[C@H](C)[C@@H]2[C@@H]([C@@H](C)O[Si](C)(C)C)C(=O)N12.CN1CC=C(c2csc(=S)[nH]2)C[C@@H]1CCl.C[C@@H](O)[C@H]1C(=O)N2C(C(=O)O)=C(Sc3nc(C4=CCN[C@@H](CCl)C4)cs3)[C@H](C)[C@H]12. The Bertz CT molecular complexity index is 3080. The first-order valence-corrected chi connectivity index (χ1v) is 36.6. The third-order valence-corrected chi connectivity index (χ3v) is 23.2. The first-order valence-electron chi connectivity index (χ1n) is 26.9. The number of ether oxygens (including phenoxy) is 1. The molecule has 0 bridgehead atoms. The zero-order valence-electron chi connectivity index (χ0n) is 46.8. The standard InChI is InChI=1S/C26H36ClN3O4S2Si.C19H22ClN3O4S2.C10H13ClN2S2/c1-8-11-33-25(32)22-23(15(2)21-20(24(31)30(21)22)16(3)34-37(5,6)7)36-26-28-19(14-35-26)17-9-10-29(4)18(12-17)13-27;1-8-14-13(9(2)24)17(25)23(14)15(18(26)27)16(8)29-19-22-12(7-28-19)10-3-4-21-11(5-10)6-20;1-13-3-2-7(4-8(13)5-11)9-6-15-10(14)12-9/h8-9,14-16,18,20-21H,1,10-13H2,2-7H3;3,7-9,11,13-14,21,24H,4-6H2,1-2H3,(H,26,27);2,6,8H,3-5H2,1H3,(H,12,14)/t15-,16-,18-,20-,21-;8-,9-,11-,13-,14-;8-/m111/s1. The number of thiazole rings is 3. The van der Waals surface area contributed by atoms with Crippen molar-refractivity contribution < 1.29 is 38.6 Å². The van der Waals surface area contributed by atoms with Gasteiger partial charge in [-0.3, -0.25) is 19.4 Å². The van der Waals surface area contributed by atoms with E-state index in [1.165, 1.54) is 57.0 Å². The minimum absolute atomic E-state index is 0.0226. The van der Waals surface area contributed by atoms with E-state index in [-0.39, 0.29) is 72.1 Å². The number of aliphatic hydroxyl groups is 1. The van der Waals surface area contributed by atoms with Crippen LogP contribution in [-0.2, 0) is 28.3 Å². The number of thioether (sulfide) groups is 2. The van der Waals surface area contributed by atoms with Gasteiger partial charge in [0, 0.05) is 93.2 Å². The van der Waals surface area contributed by atoms with Gasteiger partial charge in [-0.2, -0.15) is 0 Å². The number of alkyl halides is 3. The molecule has 7 aliphatic rings. The molecule has 2 amide bonds. The first-order chi connectivity index (χ1) is 38.5.